The number of aryl methyl sites for hydroxylation is 1. The minimum atomic E-state index is -0.645. The number of hydrogen-bond donors (Lipinski definition) is 1. The summed E-state index contributed by atoms with van der Waals surface area (Å²) in [7, 11) is 0. The summed E-state index contributed by atoms with van der Waals surface area (Å²) in [6.07, 6.45) is 0. The number of nitrogens with zero attached hydrogens (tertiary/aromatic N) is 2. The van der Waals surface area contributed by atoms with Crippen molar-refractivity contribution in [2.75, 3.05) is 0 Å². The fourth-order valence-electron chi connectivity index (χ4n) is 3.40. The fraction of sp³-hybridized carbons (Fsp3) is 0.0800. The topological polar surface area (TPSA) is 94.2 Å². The molecule has 5 rings (SSSR count). The lowest BCUT2D eigenvalue weighted by Gasteiger charge is -2.06. The van der Waals surface area contributed by atoms with Crippen LogP contribution in [0.4, 0.5) is 0 Å². The van der Waals surface area contributed by atoms with Crippen molar-refractivity contribution in [3.05, 3.63) is 99.8 Å². The second-order valence-corrected chi connectivity index (χ2v) is 7.75. The van der Waals surface area contributed by atoms with E-state index in [1.807, 2.05) is 49.4 Å². The molecule has 3 aromatic carbocycles. The molecule has 0 fully saturated rings. The Kier molecular flexibility index (Phi) is 5.54. The van der Waals surface area contributed by atoms with E-state index in [2.05, 4.69) is 31.8 Å². The minimum absolute atomic E-state index is 0.216. The Labute approximate surface area is 193 Å². The SMILES string of the molecule is Cc1oc(-c2ccc(-c3ccccc3)cc2)nc1COc1ccc(-c2noc(=O)[nH]2)c(Cl)c1. The first-order chi connectivity index (χ1) is 16.1. The van der Waals surface area contributed by atoms with Crippen LogP contribution in [0.25, 0.3) is 34.0 Å². The van der Waals surface area contributed by atoms with E-state index in [4.69, 9.17) is 20.8 Å². The van der Waals surface area contributed by atoms with Gasteiger partial charge in [0.05, 0.1) is 5.02 Å². The van der Waals surface area contributed by atoms with Gasteiger partial charge in [-0.1, -0.05) is 59.2 Å². The van der Waals surface area contributed by atoms with Gasteiger partial charge in [-0.25, -0.2) is 9.78 Å². The molecule has 2 heterocycles. The average Bonchev–Trinajstić information content (AvgIpc) is 3.43. The maximum Gasteiger partial charge on any atom is 0.439 e. The van der Waals surface area contributed by atoms with E-state index < -0.39 is 5.76 Å². The van der Waals surface area contributed by atoms with Crippen molar-refractivity contribution >= 4 is 11.6 Å². The molecule has 0 amide bonds. The molecule has 5 aromatic rings. The maximum atomic E-state index is 11.2. The number of rotatable bonds is 6. The third-order valence-corrected chi connectivity index (χ3v) is 5.46. The smallest absolute Gasteiger partial charge is 0.439 e. The molecule has 0 unspecified atom stereocenters. The molecule has 7 nitrogen and oxygen atoms in total. The van der Waals surface area contributed by atoms with E-state index in [-0.39, 0.29) is 12.4 Å². The van der Waals surface area contributed by atoms with Crippen LogP contribution < -0.4 is 10.5 Å². The zero-order chi connectivity index (χ0) is 22.8. The van der Waals surface area contributed by atoms with Gasteiger partial charge in [-0.2, -0.15) is 0 Å². The van der Waals surface area contributed by atoms with E-state index in [9.17, 15) is 4.79 Å². The summed E-state index contributed by atoms with van der Waals surface area (Å²) in [4.78, 5) is 18.2. The van der Waals surface area contributed by atoms with Gasteiger partial charge in [-0.15, -0.1) is 0 Å². The number of halogens is 1. The standard InChI is InChI=1S/C25H18ClN3O4/c1-15-22(14-31-19-11-12-20(21(26)13-19)23-28-25(30)33-29-23)27-24(32-15)18-9-7-17(8-10-18)16-5-3-2-4-6-16/h2-13H,14H2,1H3,(H,28,29,30). The Hall–Kier alpha value is -4.10. The Bertz CT molecular complexity index is 1450. The molecule has 0 radical (unpaired) electrons. The normalized spacial score (nSPS) is 11.0. The van der Waals surface area contributed by atoms with Crippen molar-refractivity contribution in [2.45, 2.75) is 13.5 Å². The summed E-state index contributed by atoms with van der Waals surface area (Å²) in [5.41, 5.74) is 4.40. The quantitative estimate of drug-likeness (QED) is 0.340. The lowest BCUT2D eigenvalue weighted by Crippen LogP contribution is -1.98. The highest BCUT2D eigenvalue weighted by Crippen LogP contribution is 2.30. The van der Waals surface area contributed by atoms with Crippen molar-refractivity contribution < 1.29 is 13.7 Å². The number of ether oxygens (including phenoxy) is 1. The summed E-state index contributed by atoms with van der Waals surface area (Å²) in [6.45, 7) is 2.07. The van der Waals surface area contributed by atoms with Gasteiger partial charge in [0.2, 0.25) is 5.89 Å². The third-order valence-electron chi connectivity index (χ3n) is 5.14. The van der Waals surface area contributed by atoms with Gasteiger partial charge in [-0.05, 0) is 48.4 Å². The van der Waals surface area contributed by atoms with Crippen molar-refractivity contribution in [1.82, 2.24) is 15.1 Å². The van der Waals surface area contributed by atoms with Crippen LogP contribution in [0.3, 0.4) is 0 Å². The van der Waals surface area contributed by atoms with Gasteiger partial charge in [0, 0.05) is 11.1 Å². The van der Waals surface area contributed by atoms with Gasteiger partial charge in [0.15, 0.2) is 5.82 Å². The van der Waals surface area contributed by atoms with Gasteiger partial charge in [-0.3, -0.25) is 9.51 Å². The third kappa shape index (κ3) is 4.44. The first kappa shape index (κ1) is 20.8. The Morgan fingerprint density at radius 1 is 0.970 bits per heavy atom. The van der Waals surface area contributed by atoms with Gasteiger partial charge in [0.1, 0.15) is 23.8 Å². The summed E-state index contributed by atoms with van der Waals surface area (Å²) in [6, 6.07) is 23.3. The van der Waals surface area contributed by atoms with Gasteiger partial charge >= 0.3 is 5.76 Å². The van der Waals surface area contributed by atoms with Crippen molar-refractivity contribution in [3.8, 4) is 39.7 Å². The van der Waals surface area contributed by atoms with Crippen LogP contribution in [-0.2, 0) is 6.61 Å². The second-order valence-electron chi connectivity index (χ2n) is 7.34. The van der Waals surface area contributed by atoms with E-state index in [0.717, 1.165) is 16.7 Å². The summed E-state index contributed by atoms with van der Waals surface area (Å²) < 4.78 is 16.2. The van der Waals surface area contributed by atoms with E-state index in [0.29, 0.717) is 33.7 Å². The monoisotopic (exact) mass is 459 g/mol. The number of benzene rings is 3. The molecule has 0 atom stereocenters. The number of hydrogen-bond acceptors (Lipinski definition) is 6. The molecular weight excluding hydrogens is 442 g/mol. The highest BCUT2D eigenvalue weighted by molar-refractivity contribution is 6.33. The van der Waals surface area contributed by atoms with Crippen molar-refractivity contribution in [1.29, 1.82) is 0 Å². The van der Waals surface area contributed by atoms with Gasteiger partial charge < -0.3 is 9.15 Å². The maximum absolute atomic E-state index is 11.2. The lowest BCUT2D eigenvalue weighted by molar-refractivity contribution is 0.299. The first-order valence-corrected chi connectivity index (χ1v) is 10.6. The number of H-pyrrole nitrogens is 1. The van der Waals surface area contributed by atoms with Crippen LogP contribution in [0, 0.1) is 6.92 Å². The summed E-state index contributed by atoms with van der Waals surface area (Å²) in [5.74, 6) is 1.38. The molecule has 0 saturated carbocycles. The molecule has 0 aliphatic rings. The zero-order valence-electron chi connectivity index (χ0n) is 17.5. The highest BCUT2D eigenvalue weighted by atomic mass is 35.5. The largest absolute Gasteiger partial charge is 0.487 e. The van der Waals surface area contributed by atoms with Crippen molar-refractivity contribution in [3.63, 3.8) is 0 Å². The van der Waals surface area contributed by atoms with Crippen LogP contribution in [0.2, 0.25) is 5.02 Å². The van der Waals surface area contributed by atoms with Crippen LogP contribution in [0.5, 0.6) is 5.75 Å². The molecule has 0 spiro atoms. The molecule has 0 aliphatic carbocycles. The molecule has 0 bridgehead atoms. The lowest BCUT2D eigenvalue weighted by atomic mass is 10.0. The van der Waals surface area contributed by atoms with Crippen molar-refractivity contribution in [2.24, 2.45) is 0 Å². The van der Waals surface area contributed by atoms with E-state index in [1.165, 1.54) is 0 Å². The van der Waals surface area contributed by atoms with Crippen LogP contribution in [0.15, 0.2) is 86.5 Å². The van der Waals surface area contributed by atoms with E-state index in [1.54, 1.807) is 18.2 Å². The highest BCUT2D eigenvalue weighted by Gasteiger charge is 2.14. The van der Waals surface area contributed by atoms with E-state index >= 15 is 0 Å². The molecule has 2 aromatic heterocycles. The van der Waals surface area contributed by atoms with Crippen LogP contribution >= 0.6 is 11.6 Å². The number of oxazole rings is 1. The average molecular weight is 460 g/mol. The second kappa shape index (κ2) is 8.80. The first-order valence-electron chi connectivity index (χ1n) is 10.2. The zero-order valence-corrected chi connectivity index (χ0v) is 18.3. The number of nitrogens with one attached hydrogen (secondary N) is 1. The molecule has 8 heteroatoms. The van der Waals surface area contributed by atoms with Gasteiger partial charge in [0.25, 0.3) is 0 Å². The molecule has 164 valence electrons. The molecule has 0 saturated heterocycles. The Morgan fingerprint density at radius 2 is 1.70 bits per heavy atom. The van der Waals surface area contributed by atoms with Crippen LogP contribution in [0.1, 0.15) is 11.5 Å². The predicted octanol–water partition coefficient (Wildman–Crippen LogP) is 5.89. The Morgan fingerprint density at radius 3 is 2.39 bits per heavy atom. The predicted molar refractivity (Wildman–Crippen MR) is 124 cm³/mol. The molecule has 1 N–H and O–H groups in total. The molecular formula is C25H18ClN3O4. The molecule has 33 heavy (non-hydrogen) atoms. The van der Waals surface area contributed by atoms with Crippen LogP contribution in [-0.4, -0.2) is 15.1 Å². The number of aromatic nitrogens is 3. The summed E-state index contributed by atoms with van der Waals surface area (Å²) >= 11 is 6.31. The summed E-state index contributed by atoms with van der Waals surface area (Å²) in [5, 5.41) is 4.01. The molecule has 0 aliphatic heterocycles. The Balaban J connectivity index is 1.29. The minimum Gasteiger partial charge on any atom is -0.487 e. The number of aromatic amines is 1. The fourth-order valence-corrected chi connectivity index (χ4v) is 3.66.